The average Bonchev–Trinajstić information content (AvgIpc) is 2.28. The van der Waals surface area contributed by atoms with E-state index in [1.165, 1.54) is 0 Å². The third-order valence-corrected chi connectivity index (χ3v) is 2.59. The number of halogens is 2. The maximum atomic E-state index is 11.5. The van der Waals surface area contributed by atoms with Crippen LogP contribution in [0.2, 0.25) is 10.0 Å². The maximum Gasteiger partial charge on any atom is 0.285 e. The van der Waals surface area contributed by atoms with Crippen LogP contribution in [0, 0.1) is 0 Å². The maximum absolute atomic E-state index is 11.5. The second-order valence-corrected chi connectivity index (χ2v) is 3.60. The van der Waals surface area contributed by atoms with Crippen LogP contribution in [-0.4, -0.2) is 15.7 Å². The smallest absolute Gasteiger partial charge is 0.285 e. The Bertz CT molecular complexity index is 521. The van der Waals surface area contributed by atoms with Crippen molar-refractivity contribution in [2.24, 2.45) is 5.84 Å². The lowest BCUT2D eigenvalue weighted by Crippen LogP contribution is -2.34. The highest BCUT2D eigenvalue weighted by atomic mass is 35.5. The van der Waals surface area contributed by atoms with Crippen LogP contribution in [0.5, 0.6) is 0 Å². The molecule has 0 saturated carbocycles. The van der Waals surface area contributed by atoms with E-state index in [1.54, 1.807) is 0 Å². The van der Waals surface area contributed by atoms with Crippen LogP contribution in [-0.2, 0) is 11.3 Å². The molecule has 0 radical (unpaired) electrons. The molecule has 0 aliphatic rings. The van der Waals surface area contributed by atoms with Crippen LogP contribution in [0.3, 0.4) is 0 Å². The first kappa shape index (κ1) is 12.8. The minimum Gasteiger partial charge on any atom is -0.294 e. The number of hydrogen-bond donors (Lipinski definition) is 3. The molecule has 0 aromatic carbocycles. The van der Waals surface area contributed by atoms with E-state index >= 15 is 0 Å². The van der Waals surface area contributed by atoms with E-state index in [1.807, 2.05) is 5.43 Å². The van der Waals surface area contributed by atoms with Crippen molar-refractivity contribution in [1.29, 1.82) is 0 Å². The molecule has 0 spiro atoms. The number of carbonyl (C=O) groups excluding carboxylic acids is 1. The molecule has 88 valence electrons. The van der Waals surface area contributed by atoms with Crippen molar-refractivity contribution >= 4 is 29.1 Å². The molecule has 4 N–H and O–H groups in total. The van der Waals surface area contributed by atoms with Crippen LogP contribution in [0.4, 0.5) is 0 Å². The summed E-state index contributed by atoms with van der Waals surface area (Å²) < 4.78 is 0.895. The summed E-state index contributed by atoms with van der Waals surface area (Å²) >= 11 is 11.0. The van der Waals surface area contributed by atoms with E-state index in [0.29, 0.717) is 0 Å². The van der Waals surface area contributed by atoms with E-state index < -0.39 is 17.0 Å². The predicted octanol–water partition coefficient (Wildman–Crippen LogP) is -0.777. The molecule has 0 unspecified atom stereocenters. The highest BCUT2D eigenvalue weighted by Crippen LogP contribution is 2.10. The average molecular weight is 267 g/mol. The van der Waals surface area contributed by atoms with Gasteiger partial charge in [-0.15, -0.1) is 0 Å². The number of nitrogens with one attached hydrogen (secondary N) is 2. The Morgan fingerprint density at radius 2 is 2.00 bits per heavy atom. The molecule has 0 bridgehead atoms. The zero-order valence-electron chi connectivity index (χ0n) is 7.92. The lowest BCUT2D eigenvalue weighted by molar-refractivity contribution is -0.121. The van der Waals surface area contributed by atoms with Crippen molar-refractivity contribution < 1.29 is 4.79 Å². The van der Waals surface area contributed by atoms with E-state index in [-0.39, 0.29) is 23.0 Å². The summed E-state index contributed by atoms with van der Waals surface area (Å²) in [7, 11) is 0. The normalized spacial score (nSPS) is 10.2. The van der Waals surface area contributed by atoms with E-state index in [4.69, 9.17) is 29.0 Å². The zero-order valence-corrected chi connectivity index (χ0v) is 9.43. The Morgan fingerprint density at radius 3 is 2.56 bits per heavy atom. The Kier molecular flexibility index (Phi) is 4.11. The summed E-state index contributed by atoms with van der Waals surface area (Å²) in [6.07, 6.45) is -0.0652. The monoisotopic (exact) mass is 266 g/mol. The fraction of sp³-hybridized carbons (Fsp3) is 0.286. The van der Waals surface area contributed by atoms with Crippen molar-refractivity contribution in [2.45, 2.75) is 13.0 Å². The molecule has 16 heavy (non-hydrogen) atoms. The summed E-state index contributed by atoms with van der Waals surface area (Å²) in [6, 6.07) is 0. The van der Waals surface area contributed by atoms with Gasteiger partial charge in [0.1, 0.15) is 10.0 Å². The molecule has 0 atom stereocenters. The van der Waals surface area contributed by atoms with Gasteiger partial charge < -0.3 is 0 Å². The number of H-pyrrole nitrogens is 1. The molecule has 9 heteroatoms. The van der Waals surface area contributed by atoms with Gasteiger partial charge in [-0.2, -0.15) is 0 Å². The number of nitrogens with zero attached hydrogens (tertiary/aromatic N) is 1. The number of hydrazine groups is 1. The molecule has 0 aliphatic carbocycles. The Hall–Kier alpha value is -1.31. The summed E-state index contributed by atoms with van der Waals surface area (Å²) in [6.45, 7) is -0.0476. The summed E-state index contributed by atoms with van der Waals surface area (Å²) in [5.41, 5.74) is 0.525. The van der Waals surface area contributed by atoms with Crippen LogP contribution < -0.4 is 22.4 Å². The number of carbonyl (C=O) groups is 1. The van der Waals surface area contributed by atoms with Gasteiger partial charge in [-0.25, -0.2) is 10.5 Å². The molecule has 1 aromatic rings. The summed E-state index contributed by atoms with van der Waals surface area (Å²) in [5.74, 6) is 4.38. The molecular formula is C7H8Cl2N4O3. The van der Waals surface area contributed by atoms with Crippen LogP contribution in [0.15, 0.2) is 9.59 Å². The lowest BCUT2D eigenvalue weighted by atomic mass is 10.4. The van der Waals surface area contributed by atoms with Crippen LogP contribution in [0.25, 0.3) is 0 Å². The Morgan fingerprint density at radius 1 is 1.38 bits per heavy atom. The zero-order chi connectivity index (χ0) is 12.3. The topological polar surface area (TPSA) is 110 Å². The van der Waals surface area contributed by atoms with Crippen LogP contribution in [0.1, 0.15) is 6.42 Å². The first-order chi connectivity index (χ1) is 7.47. The number of aryl methyl sites for hydroxylation is 1. The number of rotatable bonds is 3. The van der Waals surface area contributed by atoms with Gasteiger partial charge in [-0.05, 0) is 0 Å². The lowest BCUT2D eigenvalue weighted by Gasteiger charge is -2.05. The third-order valence-electron chi connectivity index (χ3n) is 1.78. The third kappa shape index (κ3) is 2.63. The highest BCUT2D eigenvalue weighted by Gasteiger charge is 2.11. The Balaban J connectivity index is 3.03. The van der Waals surface area contributed by atoms with Crippen molar-refractivity contribution in [2.75, 3.05) is 0 Å². The predicted molar refractivity (Wildman–Crippen MR) is 58.3 cm³/mol. The molecule has 0 fully saturated rings. The molecule has 1 heterocycles. The summed E-state index contributed by atoms with van der Waals surface area (Å²) in [4.78, 5) is 33.5. The van der Waals surface area contributed by atoms with Gasteiger partial charge >= 0.3 is 0 Å². The molecular weight excluding hydrogens is 259 g/mol. The quantitative estimate of drug-likeness (QED) is 0.379. The Labute approximate surface area is 99.1 Å². The number of hydrogen-bond acceptors (Lipinski definition) is 4. The van der Waals surface area contributed by atoms with Crippen molar-refractivity contribution in [3.8, 4) is 0 Å². The molecule has 7 nitrogen and oxygen atoms in total. The van der Waals surface area contributed by atoms with Gasteiger partial charge in [0, 0.05) is 6.42 Å². The number of nitrogens with two attached hydrogens (primary N) is 1. The highest BCUT2D eigenvalue weighted by molar-refractivity contribution is 6.41. The number of amides is 1. The van der Waals surface area contributed by atoms with Gasteiger partial charge in [0.25, 0.3) is 11.1 Å². The first-order valence-corrected chi connectivity index (χ1v) is 4.90. The first-order valence-electron chi connectivity index (χ1n) is 4.15. The number of aromatic amines is 1. The molecule has 1 rings (SSSR count). The van der Waals surface area contributed by atoms with E-state index in [9.17, 15) is 14.4 Å². The minimum absolute atomic E-state index is 0.0476. The van der Waals surface area contributed by atoms with Gasteiger partial charge in [-0.1, -0.05) is 23.2 Å². The second-order valence-electron chi connectivity index (χ2n) is 2.84. The van der Waals surface area contributed by atoms with Crippen molar-refractivity contribution in [1.82, 2.24) is 15.2 Å². The molecule has 1 aromatic heterocycles. The molecule has 0 aliphatic heterocycles. The molecule has 1 amide bonds. The number of aromatic nitrogens is 2. The van der Waals surface area contributed by atoms with Gasteiger partial charge in [0.15, 0.2) is 0 Å². The van der Waals surface area contributed by atoms with Crippen molar-refractivity contribution in [3.63, 3.8) is 0 Å². The fourth-order valence-corrected chi connectivity index (χ4v) is 1.29. The minimum atomic E-state index is -0.695. The fourth-order valence-electron chi connectivity index (χ4n) is 0.977. The molecule has 0 saturated heterocycles. The van der Waals surface area contributed by atoms with E-state index in [2.05, 4.69) is 5.10 Å². The summed E-state index contributed by atoms with van der Waals surface area (Å²) in [5, 5.41) is 1.43. The SMILES string of the molecule is NNC(=O)CCn1[nH]c(=O)c(Cl)c(Cl)c1=O. The largest absolute Gasteiger partial charge is 0.294 e. The standard InChI is InChI=1S/C7H8Cl2N4O3/c8-4-5(9)7(16)13(12-6(4)15)2-1-3(14)11-10/h1-2,10H2,(H,11,14)(H,12,15). The second kappa shape index (κ2) is 5.15. The van der Waals surface area contributed by atoms with E-state index in [0.717, 1.165) is 4.68 Å². The van der Waals surface area contributed by atoms with Gasteiger partial charge in [-0.3, -0.25) is 24.9 Å². The van der Waals surface area contributed by atoms with Crippen LogP contribution >= 0.6 is 23.2 Å². The van der Waals surface area contributed by atoms with Gasteiger partial charge in [0.2, 0.25) is 5.91 Å². The van der Waals surface area contributed by atoms with Gasteiger partial charge in [0.05, 0.1) is 6.54 Å². The van der Waals surface area contributed by atoms with Crippen molar-refractivity contribution in [3.05, 3.63) is 30.8 Å².